The topological polar surface area (TPSA) is 83.9 Å². The number of carbonyl (C=O) groups excluding carboxylic acids is 1. The third-order valence-electron chi connectivity index (χ3n) is 3.87. The summed E-state index contributed by atoms with van der Waals surface area (Å²) in [6.07, 6.45) is -0.558. The first-order chi connectivity index (χ1) is 13.3. The summed E-state index contributed by atoms with van der Waals surface area (Å²) >= 11 is 0. The quantitative estimate of drug-likeness (QED) is 0.647. The molecule has 0 aliphatic rings. The molecular formula is C18H17F3N5O2+. The molecule has 28 heavy (non-hydrogen) atoms. The van der Waals surface area contributed by atoms with Gasteiger partial charge in [0.1, 0.15) is 0 Å². The van der Waals surface area contributed by atoms with Crippen molar-refractivity contribution < 1.29 is 27.2 Å². The number of hydrogen-bond donors (Lipinski definition) is 2. The summed E-state index contributed by atoms with van der Waals surface area (Å²) in [5.41, 5.74) is 0.0597. The lowest BCUT2D eigenvalue weighted by atomic mass is 10.1. The number of benzene rings is 1. The van der Waals surface area contributed by atoms with Gasteiger partial charge in [0, 0.05) is 19.5 Å². The number of amides is 2. The highest BCUT2D eigenvalue weighted by Gasteiger charge is 2.31. The zero-order chi connectivity index (χ0) is 20.1. The molecule has 0 aliphatic carbocycles. The van der Waals surface area contributed by atoms with Crippen LogP contribution in [0.1, 0.15) is 24.1 Å². The number of nitrogens with one attached hydrogen (secondary N) is 2. The van der Waals surface area contributed by atoms with Crippen LogP contribution < -0.4 is 15.3 Å². The minimum absolute atomic E-state index is 0.0302. The van der Waals surface area contributed by atoms with Crippen LogP contribution in [0.25, 0.3) is 0 Å². The Kier molecular flexibility index (Phi) is 5.57. The van der Waals surface area contributed by atoms with Crippen molar-refractivity contribution in [2.45, 2.75) is 25.6 Å². The number of anilines is 2. The van der Waals surface area contributed by atoms with Gasteiger partial charge in [0.05, 0.1) is 17.4 Å². The summed E-state index contributed by atoms with van der Waals surface area (Å²) in [5, 5.41) is 8.51. The van der Waals surface area contributed by atoms with Gasteiger partial charge in [0.25, 0.3) is 6.20 Å². The van der Waals surface area contributed by atoms with Gasteiger partial charge in [-0.1, -0.05) is 30.3 Å². The van der Waals surface area contributed by atoms with Crippen LogP contribution >= 0.6 is 0 Å². The second-order valence-corrected chi connectivity index (χ2v) is 6.12. The number of halogens is 3. The summed E-state index contributed by atoms with van der Waals surface area (Å²) < 4.78 is 44.7. The molecule has 0 bridgehead atoms. The highest BCUT2D eigenvalue weighted by molar-refractivity contribution is 5.98. The molecule has 1 aromatic carbocycles. The number of alkyl halides is 3. The largest absolute Gasteiger partial charge is 0.417 e. The molecule has 2 heterocycles. The SMILES string of the molecule is CC(Cc1ccccc1)[n+]1cc(NC(=O)Nc2cncc(C(F)(F)F)c2)on1. The molecule has 0 fully saturated rings. The molecule has 0 spiro atoms. The van der Waals surface area contributed by atoms with E-state index in [1.165, 1.54) is 6.20 Å². The number of carbonyl (C=O) groups is 1. The zero-order valence-electron chi connectivity index (χ0n) is 14.8. The fourth-order valence-corrected chi connectivity index (χ4v) is 2.51. The molecule has 0 aliphatic heterocycles. The van der Waals surface area contributed by atoms with Crippen LogP contribution in [0.4, 0.5) is 29.5 Å². The first-order valence-electron chi connectivity index (χ1n) is 8.33. The second kappa shape index (κ2) is 8.07. The van der Waals surface area contributed by atoms with E-state index < -0.39 is 17.8 Å². The number of hydrogen-bond acceptors (Lipinski definition) is 4. The van der Waals surface area contributed by atoms with E-state index in [4.69, 9.17) is 4.52 Å². The number of nitrogens with zero attached hydrogens (tertiary/aromatic N) is 3. The summed E-state index contributed by atoms with van der Waals surface area (Å²) in [7, 11) is 0. The normalized spacial score (nSPS) is 12.4. The van der Waals surface area contributed by atoms with Crippen molar-refractivity contribution in [1.29, 1.82) is 0 Å². The summed E-state index contributed by atoms with van der Waals surface area (Å²) in [5.74, 6) is 0.0531. The van der Waals surface area contributed by atoms with Gasteiger partial charge >= 0.3 is 18.1 Å². The van der Waals surface area contributed by atoms with Crippen molar-refractivity contribution in [3.63, 3.8) is 0 Å². The molecule has 2 amide bonds. The minimum atomic E-state index is -4.55. The van der Waals surface area contributed by atoms with E-state index in [0.29, 0.717) is 12.6 Å². The molecule has 3 rings (SSSR count). The van der Waals surface area contributed by atoms with E-state index in [9.17, 15) is 18.0 Å². The van der Waals surface area contributed by atoms with E-state index >= 15 is 0 Å². The van der Waals surface area contributed by atoms with Crippen LogP contribution in [-0.2, 0) is 12.6 Å². The van der Waals surface area contributed by atoms with Crippen molar-refractivity contribution in [3.8, 4) is 0 Å². The van der Waals surface area contributed by atoms with Gasteiger partial charge < -0.3 is 5.32 Å². The Labute approximate surface area is 158 Å². The highest BCUT2D eigenvalue weighted by Crippen LogP contribution is 2.29. The predicted octanol–water partition coefficient (Wildman–Crippen LogP) is 3.82. The Bertz CT molecular complexity index is 944. The number of urea groups is 1. The van der Waals surface area contributed by atoms with Gasteiger partial charge in [0.15, 0.2) is 6.04 Å². The number of pyridine rings is 1. The molecule has 1 unspecified atom stereocenters. The molecule has 7 nitrogen and oxygen atoms in total. The molecule has 2 aromatic heterocycles. The van der Waals surface area contributed by atoms with Gasteiger partial charge in [-0.3, -0.25) is 14.8 Å². The third kappa shape index (κ3) is 5.06. The second-order valence-electron chi connectivity index (χ2n) is 6.12. The minimum Gasteiger partial charge on any atom is -0.306 e. The number of rotatable bonds is 5. The van der Waals surface area contributed by atoms with Crippen LogP contribution in [0.2, 0.25) is 0 Å². The predicted molar refractivity (Wildman–Crippen MR) is 93.4 cm³/mol. The van der Waals surface area contributed by atoms with Gasteiger partial charge in [-0.25, -0.2) is 4.79 Å². The molecule has 146 valence electrons. The average molecular weight is 392 g/mol. The first kappa shape index (κ1) is 19.3. The average Bonchev–Trinajstić information content (AvgIpc) is 3.10. The van der Waals surface area contributed by atoms with Crippen LogP contribution in [0.5, 0.6) is 0 Å². The molecule has 0 saturated carbocycles. The molecule has 0 saturated heterocycles. The Morgan fingerprint density at radius 1 is 1.21 bits per heavy atom. The molecule has 3 aromatic rings. The van der Waals surface area contributed by atoms with Crippen molar-refractivity contribution in [1.82, 2.24) is 10.3 Å². The molecule has 1 atom stereocenters. The fraction of sp³-hybridized carbons (Fsp3) is 0.222. The molecule has 0 radical (unpaired) electrons. The Morgan fingerprint density at radius 3 is 2.68 bits per heavy atom. The lowest BCUT2D eigenvalue weighted by Crippen LogP contribution is -2.40. The van der Waals surface area contributed by atoms with E-state index in [-0.39, 0.29) is 17.6 Å². The van der Waals surface area contributed by atoms with Crippen molar-refractivity contribution in [3.05, 3.63) is 66.1 Å². The maximum Gasteiger partial charge on any atom is 0.417 e. The van der Waals surface area contributed by atoms with Gasteiger partial charge in [-0.2, -0.15) is 13.2 Å². The first-order valence-corrected chi connectivity index (χ1v) is 8.33. The van der Waals surface area contributed by atoms with E-state index in [1.807, 2.05) is 37.3 Å². The zero-order valence-corrected chi connectivity index (χ0v) is 14.8. The van der Waals surface area contributed by atoms with E-state index in [1.54, 1.807) is 4.68 Å². The molecule has 10 heteroatoms. The fourth-order valence-electron chi connectivity index (χ4n) is 2.51. The van der Waals surface area contributed by atoms with Gasteiger partial charge in [-0.15, -0.1) is 0 Å². The Morgan fingerprint density at radius 2 is 1.96 bits per heavy atom. The lowest BCUT2D eigenvalue weighted by Gasteiger charge is -2.08. The van der Waals surface area contributed by atoms with Crippen molar-refractivity contribution >= 4 is 17.6 Å². The third-order valence-corrected chi connectivity index (χ3v) is 3.87. The monoisotopic (exact) mass is 392 g/mol. The molecule has 2 N–H and O–H groups in total. The van der Waals surface area contributed by atoms with E-state index in [0.717, 1.165) is 17.8 Å². The lowest BCUT2D eigenvalue weighted by molar-refractivity contribution is -0.782. The summed E-state index contributed by atoms with van der Waals surface area (Å²) in [6, 6.07) is 9.77. The number of aromatic nitrogens is 3. The maximum absolute atomic E-state index is 12.7. The van der Waals surface area contributed by atoms with Crippen molar-refractivity contribution in [2.75, 3.05) is 10.6 Å². The van der Waals surface area contributed by atoms with Crippen LogP contribution in [0, 0.1) is 0 Å². The Balaban J connectivity index is 1.59. The Hall–Kier alpha value is -3.43. The standard InChI is InChI=1S/C18H16F3N5O2/c1-12(7-13-5-3-2-4-6-13)26-11-16(28-25-26)24-17(27)23-15-8-14(9-22-10-15)18(19,20)21/h2-6,8-12H,7H2,1H3,(H-,23,24,25,27)/p+1. The highest BCUT2D eigenvalue weighted by atomic mass is 19.4. The van der Waals surface area contributed by atoms with Crippen LogP contribution in [0.3, 0.4) is 0 Å². The molecular weight excluding hydrogens is 375 g/mol. The van der Waals surface area contributed by atoms with Crippen LogP contribution in [-0.4, -0.2) is 16.3 Å². The summed E-state index contributed by atoms with van der Waals surface area (Å²) in [4.78, 5) is 15.5. The summed E-state index contributed by atoms with van der Waals surface area (Å²) in [6.45, 7) is 1.94. The van der Waals surface area contributed by atoms with Crippen LogP contribution in [0.15, 0.2) is 59.5 Å². The van der Waals surface area contributed by atoms with E-state index in [2.05, 4.69) is 20.9 Å². The maximum atomic E-state index is 12.7. The van der Waals surface area contributed by atoms with Gasteiger partial charge in [-0.05, 0) is 16.3 Å². The van der Waals surface area contributed by atoms with Crippen molar-refractivity contribution in [2.24, 2.45) is 0 Å². The van der Waals surface area contributed by atoms with Gasteiger partial charge in [0.2, 0.25) is 5.27 Å². The smallest absolute Gasteiger partial charge is 0.306 e.